The summed E-state index contributed by atoms with van der Waals surface area (Å²) in [4.78, 5) is 39.8. The number of carbonyl (C=O) groups excluding carboxylic acids is 3. The molecular weight excluding hydrogens is 817 g/mol. The molecule has 356 valence electrons. The minimum absolute atomic E-state index is 0.00196. The lowest BCUT2D eigenvalue weighted by atomic mass is 9.76. The van der Waals surface area contributed by atoms with E-state index in [2.05, 4.69) is 16.0 Å². The number of ether oxygens (including phenoxy) is 6. The van der Waals surface area contributed by atoms with Crippen LogP contribution >= 0.6 is 0 Å². The molecule has 6 aliphatic rings. The summed E-state index contributed by atoms with van der Waals surface area (Å²) in [6, 6.07) is -0.0394. The molecule has 0 unspecified atom stereocenters. The van der Waals surface area contributed by atoms with Gasteiger partial charge in [0.15, 0.2) is 5.60 Å². The summed E-state index contributed by atoms with van der Waals surface area (Å²) in [5.74, 6) is 3.82. The van der Waals surface area contributed by atoms with Crippen molar-refractivity contribution < 1.29 is 42.8 Å². The minimum Gasteiger partial charge on any atom is -0.445 e. The van der Waals surface area contributed by atoms with Crippen molar-refractivity contribution >= 4 is 18.3 Å². The first-order chi connectivity index (χ1) is 31.1. The molecule has 0 aromatic rings. The van der Waals surface area contributed by atoms with Gasteiger partial charge in [0.25, 0.3) is 18.8 Å². The van der Waals surface area contributed by atoms with Crippen LogP contribution in [0.5, 0.6) is 0 Å². The van der Waals surface area contributed by atoms with Gasteiger partial charge in [-0.2, -0.15) is 15.8 Å². The summed E-state index contributed by atoms with van der Waals surface area (Å²) in [6.07, 6.45) is 31.0. The predicted molar refractivity (Wildman–Crippen MR) is 235 cm³/mol. The van der Waals surface area contributed by atoms with Crippen molar-refractivity contribution in [3.8, 4) is 18.8 Å². The number of nitriles is 3. The van der Waals surface area contributed by atoms with Gasteiger partial charge >= 0.3 is 18.3 Å². The zero-order chi connectivity index (χ0) is 45.2. The molecular formula is C49H76N6O9. The monoisotopic (exact) mass is 893 g/mol. The summed E-state index contributed by atoms with van der Waals surface area (Å²) in [6.45, 7) is 1.07. The molecule has 15 heteroatoms. The third-order valence-corrected chi connectivity index (χ3v) is 15.9. The molecule has 6 saturated carbocycles. The predicted octanol–water partition coefficient (Wildman–Crippen LogP) is 9.94. The summed E-state index contributed by atoms with van der Waals surface area (Å²) < 4.78 is 32.9. The fourth-order valence-corrected chi connectivity index (χ4v) is 12.1. The number of nitrogens with zero attached hydrogens (tertiary/aromatic N) is 3. The van der Waals surface area contributed by atoms with Crippen molar-refractivity contribution in [3.63, 3.8) is 0 Å². The highest BCUT2D eigenvalue weighted by atomic mass is 16.6. The number of rotatable bonds is 17. The number of hydrogen-bond donors (Lipinski definition) is 3. The molecule has 3 N–H and O–H groups in total. The van der Waals surface area contributed by atoms with Crippen molar-refractivity contribution in [1.29, 1.82) is 15.8 Å². The lowest BCUT2D eigenvalue weighted by Gasteiger charge is -2.35. The smallest absolute Gasteiger partial charge is 0.408 e. The second kappa shape index (κ2) is 25.4. The number of nitrogens with one attached hydrogen (secondary N) is 3. The molecule has 0 aliphatic heterocycles. The quantitative estimate of drug-likeness (QED) is 0.0919. The van der Waals surface area contributed by atoms with E-state index in [1.807, 2.05) is 18.8 Å². The highest BCUT2D eigenvalue weighted by molar-refractivity contribution is 5.70. The highest BCUT2D eigenvalue weighted by Crippen LogP contribution is 2.39. The molecule has 0 radical (unpaired) electrons. The van der Waals surface area contributed by atoms with Gasteiger partial charge in [0.1, 0.15) is 31.5 Å². The molecule has 64 heavy (non-hydrogen) atoms. The van der Waals surface area contributed by atoms with E-state index in [9.17, 15) is 14.4 Å². The molecule has 6 fully saturated rings. The lowest BCUT2D eigenvalue weighted by molar-refractivity contribution is -0.0602. The van der Waals surface area contributed by atoms with Gasteiger partial charge < -0.3 is 44.4 Å². The van der Waals surface area contributed by atoms with Crippen molar-refractivity contribution in [1.82, 2.24) is 16.0 Å². The van der Waals surface area contributed by atoms with E-state index in [1.165, 1.54) is 19.3 Å². The van der Waals surface area contributed by atoms with E-state index in [4.69, 9.17) is 44.2 Å². The molecule has 0 heterocycles. The van der Waals surface area contributed by atoms with Crippen LogP contribution in [0.1, 0.15) is 180 Å². The Labute approximate surface area is 381 Å². The normalized spacial score (nSPS) is 34.0. The molecule has 6 aliphatic carbocycles. The number of hydrogen-bond acceptors (Lipinski definition) is 12. The lowest BCUT2D eigenvalue weighted by Crippen LogP contribution is -2.49. The average molecular weight is 893 g/mol. The van der Waals surface area contributed by atoms with Crippen LogP contribution in [-0.2, 0) is 28.4 Å². The Hall–Kier alpha value is -4.32. The van der Waals surface area contributed by atoms with E-state index >= 15 is 0 Å². The first-order valence-electron chi connectivity index (χ1n) is 25.1. The Morgan fingerprint density at radius 3 is 0.938 bits per heavy atom. The van der Waals surface area contributed by atoms with Crippen molar-refractivity contribution in [2.45, 2.75) is 222 Å². The molecule has 0 bridgehead atoms. The van der Waals surface area contributed by atoms with Gasteiger partial charge in [0, 0.05) is 18.1 Å². The Bertz CT molecular complexity index is 1490. The van der Waals surface area contributed by atoms with Gasteiger partial charge in [0.05, 0.1) is 0 Å². The van der Waals surface area contributed by atoms with Gasteiger partial charge in [0.2, 0.25) is 0 Å². The van der Waals surface area contributed by atoms with Gasteiger partial charge in [-0.3, -0.25) is 0 Å². The Balaban J connectivity index is 0.926. The fraction of sp³-hybridized carbons (Fsp3) is 0.878. The highest BCUT2D eigenvalue weighted by Gasteiger charge is 2.37. The Morgan fingerprint density at radius 1 is 0.422 bits per heavy atom. The Morgan fingerprint density at radius 2 is 0.672 bits per heavy atom. The van der Waals surface area contributed by atoms with Crippen molar-refractivity contribution in [2.75, 3.05) is 13.2 Å². The van der Waals surface area contributed by atoms with Crippen LogP contribution in [0, 0.1) is 70.1 Å². The first kappa shape index (κ1) is 49.1. The summed E-state index contributed by atoms with van der Waals surface area (Å²) in [5, 5.41) is 35.6. The number of carbonyl (C=O) groups is 3. The van der Waals surface area contributed by atoms with Gasteiger partial charge in [-0.05, 0) is 216 Å². The third kappa shape index (κ3) is 16.6. The summed E-state index contributed by atoms with van der Waals surface area (Å²) >= 11 is 0. The van der Waals surface area contributed by atoms with E-state index in [0.29, 0.717) is 35.5 Å². The molecule has 6 rings (SSSR count). The molecule has 0 aromatic carbocycles. The fourth-order valence-electron chi connectivity index (χ4n) is 12.1. The van der Waals surface area contributed by atoms with E-state index in [0.717, 1.165) is 154 Å². The maximum Gasteiger partial charge on any atom is 0.408 e. The number of alkyl carbamates (subject to hydrolysis) is 3. The zero-order valence-corrected chi connectivity index (χ0v) is 38.5. The van der Waals surface area contributed by atoms with Crippen LogP contribution in [0.4, 0.5) is 14.4 Å². The van der Waals surface area contributed by atoms with Crippen LogP contribution < -0.4 is 16.0 Å². The zero-order valence-electron chi connectivity index (χ0n) is 38.5. The Kier molecular flexibility index (Phi) is 19.5. The molecule has 3 amide bonds. The van der Waals surface area contributed by atoms with Crippen molar-refractivity contribution in [3.05, 3.63) is 0 Å². The third-order valence-electron chi connectivity index (χ3n) is 15.9. The molecule has 0 atom stereocenters. The first-order valence-corrected chi connectivity index (χ1v) is 25.1. The number of amides is 3. The topological polar surface area (TPSA) is 214 Å². The minimum atomic E-state index is -1.42. The maximum absolute atomic E-state index is 13.5. The molecule has 0 aromatic heterocycles. The van der Waals surface area contributed by atoms with Gasteiger partial charge in [-0.25, -0.2) is 14.4 Å². The summed E-state index contributed by atoms with van der Waals surface area (Å²) in [7, 11) is 0. The standard InChI is InChI=1S/C49H76N6O9/c1-49(64-48(58)55-42-18-6-36(7-19-42)28-39-12-24-45(25-13-39)63-33-52,29-59-46(56)53-40-14-2-34(3-15-40)26-37-8-20-43(21-9-37)61-31-50)30-60-47(57)54-41-16-4-35(5-17-41)27-38-10-22-44(23-11-38)62-32-51/h34-45H,2-30H2,1H3,(H,53,56)(H,54,57)(H,55,58). The molecule has 0 saturated heterocycles. The van der Waals surface area contributed by atoms with Crippen LogP contribution in [0.3, 0.4) is 0 Å². The van der Waals surface area contributed by atoms with E-state index in [1.54, 1.807) is 6.92 Å². The van der Waals surface area contributed by atoms with Crippen LogP contribution in [-0.4, -0.2) is 73.5 Å². The van der Waals surface area contributed by atoms with Crippen LogP contribution in [0.15, 0.2) is 0 Å². The molecule has 15 nitrogen and oxygen atoms in total. The largest absolute Gasteiger partial charge is 0.445 e. The van der Waals surface area contributed by atoms with Crippen LogP contribution in [0.2, 0.25) is 0 Å². The second-order valence-corrected chi connectivity index (χ2v) is 20.8. The van der Waals surface area contributed by atoms with Crippen molar-refractivity contribution in [2.24, 2.45) is 35.5 Å². The van der Waals surface area contributed by atoms with Gasteiger partial charge in [-0.15, -0.1) is 0 Å². The summed E-state index contributed by atoms with van der Waals surface area (Å²) in [5.41, 5.74) is -1.42. The molecule has 0 spiro atoms. The van der Waals surface area contributed by atoms with Crippen LogP contribution in [0.25, 0.3) is 0 Å². The second-order valence-electron chi connectivity index (χ2n) is 20.8. The average Bonchev–Trinajstić information content (AvgIpc) is 3.29. The van der Waals surface area contributed by atoms with E-state index < -0.39 is 23.9 Å². The maximum atomic E-state index is 13.5. The van der Waals surface area contributed by atoms with E-state index in [-0.39, 0.29) is 49.7 Å². The van der Waals surface area contributed by atoms with Gasteiger partial charge in [-0.1, -0.05) is 0 Å². The SMILES string of the molecule is CC(COC(=O)NC1CCC(CC2CCC(OC#N)CC2)CC1)(COC(=O)NC1CCC(CC2CCC(OC#N)CC2)CC1)OC(=O)NC1CCC(CC2CCC(OC#N)CC2)CC1.